The van der Waals surface area contributed by atoms with E-state index in [2.05, 4.69) is 5.32 Å². The van der Waals surface area contributed by atoms with Gasteiger partial charge in [-0.25, -0.2) is 0 Å². The zero-order chi connectivity index (χ0) is 14.8. The van der Waals surface area contributed by atoms with Crippen molar-refractivity contribution in [2.75, 3.05) is 18.5 Å². The Labute approximate surface area is 124 Å². The molecule has 0 aliphatic carbocycles. The van der Waals surface area contributed by atoms with Crippen LogP contribution in [0, 0.1) is 19.3 Å². The van der Waals surface area contributed by atoms with Gasteiger partial charge >= 0.3 is 0 Å². The van der Waals surface area contributed by atoms with Gasteiger partial charge in [-0.2, -0.15) is 0 Å². The van der Waals surface area contributed by atoms with Crippen molar-refractivity contribution in [3.05, 3.63) is 29.3 Å². The van der Waals surface area contributed by atoms with Gasteiger partial charge in [0, 0.05) is 18.9 Å². The van der Waals surface area contributed by atoms with E-state index in [0.717, 1.165) is 11.3 Å². The van der Waals surface area contributed by atoms with Crippen LogP contribution in [-0.2, 0) is 9.53 Å². The number of ether oxygens (including phenoxy) is 1. The highest BCUT2D eigenvalue weighted by atomic mass is 32.1. The first-order chi connectivity index (χ1) is 9.45. The molecule has 1 amide bonds. The van der Waals surface area contributed by atoms with Crippen molar-refractivity contribution < 1.29 is 9.53 Å². The first kappa shape index (κ1) is 14.9. The van der Waals surface area contributed by atoms with E-state index in [1.807, 2.05) is 32.0 Å². The molecule has 1 fully saturated rings. The van der Waals surface area contributed by atoms with E-state index < -0.39 is 5.41 Å². The molecular weight excluding hydrogens is 272 g/mol. The number of carbonyl (C=O) groups is 1. The van der Waals surface area contributed by atoms with Crippen molar-refractivity contribution >= 4 is 28.8 Å². The fourth-order valence-corrected chi connectivity index (χ4v) is 2.67. The zero-order valence-corrected chi connectivity index (χ0v) is 12.7. The first-order valence-electron chi connectivity index (χ1n) is 6.72. The molecule has 4 nitrogen and oxygen atoms in total. The number of nitrogens with two attached hydrogens (primary N) is 1. The topological polar surface area (TPSA) is 64.4 Å². The quantitative estimate of drug-likeness (QED) is 0.839. The number of thiocarbonyl (C=S) groups is 1. The Morgan fingerprint density at radius 2 is 1.95 bits per heavy atom. The highest BCUT2D eigenvalue weighted by molar-refractivity contribution is 7.80. The molecule has 1 aromatic carbocycles. The Hall–Kier alpha value is -1.46. The van der Waals surface area contributed by atoms with Gasteiger partial charge in [-0.1, -0.05) is 18.3 Å². The van der Waals surface area contributed by atoms with Crippen LogP contribution in [0.5, 0.6) is 0 Å². The van der Waals surface area contributed by atoms with Crippen LogP contribution in [0.15, 0.2) is 18.2 Å². The second kappa shape index (κ2) is 5.89. The Balaban J connectivity index is 2.20. The zero-order valence-electron chi connectivity index (χ0n) is 11.9. The van der Waals surface area contributed by atoms with Crippen molar-refractivity contribution in [3.63, 3.8) is 0 Å². The Kier molecular flexibility index (Phi) is 4.40. The van der Waals surface area contributed by atoms with E-state index >= 15 is 0 Å². The number of benzene rings is 1. The molecule has 0 radical (unpaired) electrons. The maximum absolute atomic E-state index is 12.6. The Morgan fingerprint density at radius 3 is 2.50 bits per heavy atom. The second-order valence-electron chi connectivity index (χ2n) is 5.31. The third kappa shape index (κ3) is 2.83. The highest BCUT2D eigenvalue weighted by Crippen LogP contribution is 2.32. The molecule has 20 heavy (non-hydrogen) atoms. The molecule has 0 bridgehead atoms. The summed E-state index contributed by atoms with van der Waals surface area (Å²) in [7, 11) is 0. The largest absolute Gasteiger partial charge is 0.392 e. The summed E-state index contributed by atoms with van der Waals surface area (Å²) in [5.74, 6) is -0.128. The fourth-order valence-electron chi connectivity index (χ4n) is 2.38. The van der Waals surface area contributed by atoms with Crippen LogP contribution >= 0.6 is 12.2 Å². The van der Waals surface area contributed by atoms with Crippen molar-refractivity contribution in [2.24, 2.45) is 11.1 Å². The second-order valence-corrected chi connectivity index (χ2v) is 5.75. The third-order valence-electron chi connectivity index (χ3n) is 4.02. The Morgan fingerprint density at radius 1 is 1.30 bits per heavy atom. The van der Waals surface area contributed by atoms with Crippen LogP contribution in [-0.4, -0.2) is 24.1 Å². The summed E-state index contributed by atoms with van der Waals surface area (Å²) >= 11 is 5.13. The van der Waals surface area contributed by atoms with Gasteiger partial charge in [0.05, 0.1) is 4.99 Å². The number of nitrogens with one attached hydrogen (secondary N) is 1. The van der Waals surface area contributed by atoms with Gasteiger partial charge in [0.25, 0.3) is 0 Å². The minimum Gasteiger partial charge on any atom is -0.392 e. The lowest BCUT2D eigenvalue weighted by Gasteiger charge is -2.34. The maximum atomic E-state index is 12.6. The van der Waals surface area contributed by atoms with Crippen molar-refractivity contribution in [1.82, 2.24) is 0 Å². The van der Waals surface area contributed by atoms with Crippen LogP contribution in [0.25, 0.3) is 0 Å². The number of anilines is 1. The van der Waals surface area contributed by atoms with Crippen LogP contribution in [0.3, 0.4) is 0 Å². The molecule has 0 spiro atoms. The lowest BCUT2D eigenvalue weighted by Crippen LogP contribution is -2.49. The average Bonchev–Trinajstić information content (AvgIpc) is 2.43. The third-order valence-corrected chi connectivity index (χ3v) is 4.41. The molecule has 0 unspecified atom stereocenters. The van der Waals surface area contributed by atoms with E-state index in [0.29, 0.717) is 26.1 Å². The summed E-state index contributed by atoms with van der Waals surface area (Å²) in [5.41, 5.74) is 8.15. The predicted molar refractivity (Wildman–Crippen MR) is 83.8 cm³/mol. The van der Waals surface area contributed by atoms with E-state index in [9.17, 15) is 4.79 Å². The molecule has 2 rings (SSSR count). The number of rotatable bonds is 3. The number of hydrogen-bond donors (Lipinski definition) is 2. The molecule has 5 heteroatoms. The highest BCUT2D eigenvalue weighted by Gasteiger charge is 2.43. The lowest BCUT2D eigenvalue weighted by molar-refractivity contribution is -0.126. The van der Waals surface area contributed by atoms with E-state index in [-0.39, 0.29) is 10.9 Å². The number of amides is 1. The predicted octanol–water partition coefficient (Wildman–Crippen LogP) is 2.32. The monoisotopic (exact) mass is 292 g/mol. The van der Waals surface area contributed by atoms with Crippen molar-refractivity contribution in [2.45, 2.75) is 26.7 Å². The van der Waals surface area contributed by atoms with E-state index in [1.165, 1.54) is 5.56 Å². The van der Waals surface area contributed by atoms with Crippen LogP contribution < -0.4 is 11.1 Å². The van der Waals surface area contributed by atoms with Crippen LogP contribution in [0.2, 0.25) is 0 Å². The van der Waals surface area contributed by atoms with Gasteiger partial charge in [-0.3, -0.25) is 4.79 Å². The van der Waals surface area contributed by atoms with Crippen LogP contribution in [0.1, 0.15) is 24.0 Å². The first-order valence-corrected chi connectivity index (χ1v) is 7.13. The molecule has 1 aliphatic heterocycles. The van der Waals surface area contributed by atoms with Gasteiger partial charge in [0.1, 0.15) is 5.41 Å². The number of carbonyl (C=O) groups excluding carboxylic acids is 1. The molecule has 0 saturated carbocycles. The molecule has 1 saturated heterocycles. The van der Waals surface area contributed by atoms with Gasteiger partial charge in [-0.15, -0.1) is 0 Å². The summed E-state index contributed by atoms with van der Waals surface area (Å²) in [6.07, 6.45) is 1.08. The van der Waals surface area contributed by atoms with Crippen LogP contribution in [0.4, 0.5) is 5.69 Å². The van der Waals surface area contributed by atoms with Gasteiger partial charge in [0.2, 0.25) is 5.91 Å². The van der Waals surface area contributed by atoms with Crippen molar-refractivity contribution in [3.8, 4) is 0 Å². The maximum Gasteiger partial charge on any atom is 0.237 e. The minimum atomic E-state index is -0.785. The Bertz CT molecular complexity index is 537. The van der Waals surface area contributed by atoms with E-state index in [4.69, 9.17) is 22.7 Å². The van der Waals surface area contributed by atoms with Gasteiger partial charge in [0.15, 0.2) is 0 Å². The minimum absolute atomic E-state index is 0.128. The molecular formula is C15H20N2O2S. The summed E-state index contributed by atoms with van der Waals surface area (Å²) < 4.78 is 5.31. The summed E-state index contributed by atoms with van der Waals surface area (Å²) in [6.45, 7) is 5.08. The lowest BCUT2D eigenvalue weighted by atomic mass is 9.79. The molecule has 3 N–H and O–H groups in total. The average molecular weight is 292 g/mol. The molecule has 1 aromatic rings. The summed E-state index contributed by atoms with van der Waals surface area (Å²) in [5, 5.41) is 2.94. The van der Waals surface area contributed by atoms with Crippen molar-refractivity contribution in [1.29, 1.82) is 0 Å². The summed E-state index contributed by atoms with van der Waals surface area (Å²) in [6, 6.07) is 5.84. The molecule has 1 heterocycles. The molecule has 1 aliphatic rings. The smallest absolute Gasteiger partial charge is 0.237 e. The number of hydrogen-bond acceptors (Lipinski definition) is 3. The summed E-state index contributed by atoms with van der Waals surface area (Å²) in [4.78, 5) is 12.8. The fraction of sp³-hybridized carbons (Fsp3) is 0.467. The molecule has 108 valence electrons. The number of aryl methyl sites for hydroxylation is 2. The SMILES string of the molecule is Cc1ccc(NC(=O)C2(C(N)=S)CCOCC2)cc1C. The standard InChI is InChI=1S/C15H20N2O2S/c1-10-3-4-12(9-11(10)2)17-14(18)15(13(16)20)5-7-19-8-6-15/h3-4,9H,5-8H2,1-2H3,(H2,16,20)(H,17,18). The normalized spacial score (nSPS) is 17.5. The molecule has 0 aromatic heterocycles. The van der Waals surface area contributed by atoms with E-state index in [1.54, 1.807) is 0 Å². The van der Waals surface area contributed by atoms with Gasteiger partial charge in [-0.05, 0) is 49.9 Å². The molecule has 0 atom stereocenters. The van der Waals surface area contributed by atoms with Gasteiger partial charge < -0.3 is 15.8 Å².